The fourth-order valence-corrected chi connectivity index (χ4v) is 2.35. The first kappa shape index (κ1) is 12.6. The maximum absolute atomic E-state index is 11.8. The summed E-state index contributed by atoms with van der Waals surface area (Å²) in [5.41, 5.74) is 0.202. The Labute approximate surface area is 92.3 Å². The third-order valence-electron chi connectivity index (χ3n) is 1.60. The highest BCUT2D eigenvalue weighted by atomic mass is 79.9. The lowest BCUT2D eigenvalue weighted by molar-refractivity contribution is -0.0881. The van der Waals surface area contributed by atoms with Gasteiger partial charge in [0.05, 0.1) is 6.16 Å². The second kappa shape index (κ2) is 5.03. The van der Waals surface area contributed by atoms with Gasteiger partial charge in [0, 0.05) is 4.47 Å². The largest absolute Gasteiger partial charge is 0.508 e. The predicted molar refractivity (Wildman–Crippen MR) is 51.5 cm³/mol. The maximum Gasteiger partial charge on any atom is 0.399 e. The van der Waals surface area contributed by atoms with Gasteiger partial charge in [-0.2, -0.15) is 0 Å². The quantitative estimate of drug-likeness (QED) is 0.863. The van der Waals surface area contributed by atoms with E-state index in [9.17, 15) is 13.6 Å². The van der Waals surface area contributed by atoms with Crippen molar-refractivity contribution in [1.29, 1.82) is 0 Å². The Morgan fingerprint density at radius 1 is 1.40 bits per heavy atom. The maximum atomic E-state index is 11.8. The van der Waals surface area contributed by atoms with Crippen molar-refractivity contribution in [2.75, 3.05) is 0 Å². The Kier molecular flexibility index (Phi) is 4.21. The molecule has 0 spiro atoms. The molecule has 0 aliphatic rings. The molecule has 0 aromatic heterocycles. The summed E-state index contributed by atoms with van der Waals surface area (Å²) < 4.78 is 40.9. The van der Waals surface area contributed by atoms with Crippen LogP contribution in [0.4, 0.5) is 9.05 Å². The molecule has 84 valence electrons. The smallest absolute Gasteiger partial charge is 0.399 e. The van der Waals surface area contributed by atoms with Crippen molar-refractivity contribution in [1.82, 2.24) is 0 Å². The molecule has 0 saturated carbocycles. The molecule has 1 rings (SSSR count). The number of phenols is 1. The lowest BCUT2D eigenvalue weighted by Gasteiger charge is -2.08. The van der Waals surface area contributed by atoms with Gasteiger partial charge < -0.3 is 5.11 Å². The standard InChI is InChI=1S/C7H6BrF2O4P/c8-7-2-1-6(11)3-5(7)4-15(12,13-9)14-10/h1-3,11H,4H2. The molecule has 0 aliphatic heterocycles. The van der Waals surface area contributed by atoms with Gasteiger partial charge in [0.15, 0.2) is 0 Å². The van der Waals surface area contributed by atoms with Crippen LogP contribution in [-0.4, -0.2) is 5.11 Å². The van der Waals surface area contributed by atoms with Gasteiger partial charge in [-0.05, 0) is 32.8 Å². The van der Waals surface area contributed by atoms with Gasteiger partial charge in [0.2, 0.25) is 0 Å². The lowest BCUT2D eigenvalue weighted by Crippen LogP contribution is -1.91. The van der Waals surface area contributed by atoms with Crippen LogP contribution in [-0.2, 0) is 20.2 Å². The Bertz CT molecular complexity index is 393. The van der Waals surface area contributed by atoms with E-state index in [2.05, 4.69) is 25.4 Å². The molecule has 0 heterocycles. The van der Waals surface area contributed by atoms with Crippen LogP contribution in [0.15, 0.2) is 22.7 Å². The Morgan fingerprint density at radius 3 is 2.53 bits per heavy atom. The first-order valence-corrected chi connectivity index (χ1v) is 6.20. The van der Waals surface area contributed by atoms with E-state index in [4.69, 9.17) is 5.11 Å². The van der Waals surface area contributed by atoms with E-state index in [-0.39, 0.29) is 11.3 Å². The van der Waals surface area contributed by atoms with E-state index >= 15 is 0 Å². The molecule has 15 heavy (non-hydrogen) atoms. The molecular weight excluding hydrogens is 297 g/mol. The van der Waals surface area contributed by atoms with Crippen LogP contribution in [0.2, 0.25) is 0 Å². The number of phenolic OH excluding ortho intramolecular Hbond substituents is 1. The zero-order valence-corrected chi connectivity index (χ0v) is 9.67. The van der Waals surface area contributed by atoms with Crippen molar-refractivity contribution in [3.63, 3.8) is 0 Å². The fourth-order valence-electron chi connectivity index (χ4n) is 0.950. The average Bonchev–Trinajstić information content (AvgIpc) is 2.23. The van der Waals surface area contributed by atoms with Crippen molar-refractivity contribution < 1.29 is 28.2 Å². The first-order chi connectivity index (χ1) is 7.00. The van der Waals surface area contributed by atoms with Crippen LogP contribution in [0.25, 0.3) is 0 Å². The zero-order valence-electron chi connectivity index (χ0n) is 7.19. The first-order valence-electron chi connectivity index (χ1n) is 3.68. The highest BCUT2D eigenvalue weighted by Crippen LogP contribution is 2.53. The van der Waals surface area contributed by atoms with Gasteiger partial charge in [-0.3, -0.25) is 4.57 Å². The molecule has 0 saturated heterocycles. The van der Waals surface area contributed by atoms with Crippen molar-refractivity contribution >= 4 is 23.5 Å². The summed E-state index contributed by atoms with van der Waals surface area (Å²) in [4.78, 5) is 0. The van der Waals surface area contributed by atoms with Gasteiger partial charge >= 0.3 is 7.60 Å². The molecule has 0 atom stereocenters. The molecule has 1 aromatic carbocycles. The fraction of sp³-hybridized carbons (Fsp3) is 0.143. The van der Waals surface area contributed by atoms with Gasteiger partial charge in [-0.15, -0.1) is 9.46 Å². The molecule has 8 heteroatoms. The van der Waals surface area contributed by atoms with Gasteiger partial charge in [0.25, 0.3) is 0 Å². The number of hydrogen-bond donors (Lipinski definition) is 1. The molecular formula is C7H6BrF2O4P. The van der Waals surface area contributed by atoms with E-state index in [1.165, 1.54) is 18.2 Å². The molecule has 0 bridgehead atoms. The monoisotopic (exact) mass is 302 g/mol. The third-order valence-corrected chi connectivity index (χ3v) is 3.53. The summed E-state index contributed by atoms with van der Waals surface area (Å²) >= 11 is 3.05. The topological polar surface area (TPSA) is 55.8 Å². The minimum absolute atomic E-state index is 0.127. The molecule has 0 radical (unpaired) electrons. The van der Waals surface area contributed by atoms with E-state index in [0.29, 0.717) is 4.47 Å². The molecule has 0 amide bonds. The van der Waals surface area contributed by atoms with Gasteiger partial charge in [-0.1, -0.05) is 15.9 Å². The van der Waals surface area contributed by atoms with E-state index < -0.39 is 13.8 Å². The number of benzene rings is 1. The number of hydrogen-bond acceptors (Lipinski definition) is 4. The van der Waals surface area contributed by atoms with Crippen LogP contribution in [0, 0.1) is 0 Å². The van der Waals surface area contributed by atoms with E-state index in [1.54, 1.807) is 0 Å². The van der Waals surface area contributed by atoms with Crippen LogP contribution < -0.4 is 0 Å². The zero-order chi connectivity index (χ0) is 11.5. The van der Waals surface area contributed by atoms with Crippen LogP contribution in [0.3, 0.4) is 0 Å². The SMILES string of the molecule is O=P(Cc1cc(O)ccc1Br)(OF)OF. The Balaban J connectivity index is 2.98. The Morgan fingerprint density at radius 2 is 2.00 bits per heavy atom. The number of halogens is 3. The summed E-state index contributed by atoms with van der Waals surface area (Å²) in [6.45, 7) is 0. The molecule has 1 aromatic rings. The van der Waals surface area contributed by atoms with Gasteiger partial charge in [-0.25, -0.2) is 0 Å². The molecule has 0 aliphatic carbocycles. The number of rotatable bonds is 4. The van der Waals surface area contributed by atoms with Gasteiger partial charge in [0.1, 0.15) is 5.75 Å². The highest BCUT2D eigenvalue weighted by molar-refractivity contribution is 9.10. The van der Waals surface area contributed by atoms with E-state index in [0.717, 1.165) is 0 Å². The van der Waals surface area contributed by atoms with Crippen molar-refractivity contribution in [3.05, 3.63) is 28.2 Å². The molecule has 4 nitrogen and oxygen atoms in total. The van der Waals surface area contributed by atoms with Crippen molar-refractivity contribution in [2.45, 2.75) is 6.16 Å². The average molecular weight is 303 g/mol. The lowest BCUT2D eigenvalue weighted by atomic mass is 10.2. The summed E-state index contributed by atoms with van der Waals surface area (Å²) in [5.74, 6) is -0.127. The van der Waals surface area contributed by atoms with Crippen molar-refractivity contribution in [2.24, 2.45) is 0 Å². The third kappa shape index (κ3) is 3.24. The Hall–Kier alpha value is -0.490. The molecule has 0 unspecified atom stereocenters. The summed E-state index contributed by atoms with van der Waals surface area (Å²) in [6.07, 6.45) is -0.630. The van der Waals surface area contributed by atoms with Crippen LogP contribution in [0.1, 0.15) is 5.56 Å². The minimum atomic E-state index is -4.42. The highest BCUT2D eigenvalue weighted by Gasteiger charge is 2.29. The van der Waals surface area contributed by atoms with Crippen molar-refractivity contribution in [3.8, 4) is 5.75 Å². The van der Waals surface area contributed by atoms with Crippen LogP contribution in [0.5, 0.6) is 5.75 Å². The predicted octanol–water partition coefficient (Wildman–Crippen LogP) is 3.65. The van der Waals surface area contributed by atoms with E-state index in [1.807, 2.05) is 0 Å². The second-order valence-corrected chi connectivity index (χ2v) is 5.35. The molecule has 1 N–H and O–H groups in total. The number of aromatic hydroxyl groups is 1. The second-order valence-electron chi connectivity index (χ2n) is 2.68. The summed E-state index contributed by atoms with van der Waals surface area (Å²) in [7, 11) is -4.42. The van der Waals surface area contributed by atoms with Crippen LogP contribution >= 0.6 is 23.5 Å². The minimum Gasteiger partial charge on any atom is -0.508 e. The summed E-state index contributed by atoms with van der Waals surface area (Å²) in [6, 6.07) is 3.98. The normalized spacial score (nSPS) is 11.7. The molecule has 0 fully saturated rings. The summed E-state index contributed by atoms with van der Waals surface area (Å²) in [5, 5.41) is 9.10.